The average Bonchev–Trinajstić information content (AvgIpc) is 2.97. The molecule has 24 heavy (non-hydrogen) atoms. The summed E-state index contributed by atoms with van der Waals surface area (Å²) in [5.74, 6) is 0.706. The second kappa shape index (κ2) is 8.44. The molecule has 0 aliphatic heterocycles. The van der Waals surface area contributed by atoms with Gasteiger partial charge < -0.3 is 19.9 Å². The van der Waals surface area contributed by atoms with Crippen molar-refractivity contribution < 1.29 is 9.53 Å². The van der Waals surface area contributed by atoms with Crippen LogP contribution in [-0.2, 0) is 24.9 Å². The van der Waals surface area contributed by atoms with Crippen molar-refractivity contribution >= 4 is 6.03 Å². The van der Waals surface area contributed by atoms with Gasteiger partial charge in [0.1, 0.15) is 6.33 Å². The van der Waals surface area contributed by atoms with E-state index < -0.39 is 0 Å². The van der Waals surface area contributed by atoms with Gasteiger partial charge in [-0.25, -0.2) is 4.79 Å². The van der Waals surface area contributed by atoms with E-state index in [2.05, 4.69) is 20.8 Å². The minimum absolute atomic E-state index is 0.194. The zero-order valence-corrected chi connectivity index (χ0v) is 14.6. The summed E-state index contributed by atoms with van der Waals surface area (Å²) in [6.07, 6.45) is 1.80. The van der Waals surface area contributed by atoms with Crippen LogP contribution in [0.25, 0.3) is 0 Å². The maximum atomic E-state index is 12.0. The highest BCUT2D eigenvalue weighted by molar-refractivity contribution is 5.74. The molecule has 0 aliphatic carbocycles. The number of amides is 2. The van der Waals surface area contributed by atoms with Crippen LogP contribution in [0, 0.1) is 0 Å². The number of nitrogens with zero attached hydrogens (tertiary/aromatic N) is 3. The molecule has 2 rings (SSSR count). The Morgan fingerprint density at radius 2 is 2.04 bits per heavy atom. The Morgan fingerprint density at radius 3 is 2.71 bits per heavy atom. The van der Waals surface area contributed by atoms with Crippen molar-refractivity contribution in [2.45, 2.75) is 46.1 Å². The van der Waals surface area contributed by atoms with Crippen LogP contribution in [0.1, 0.15) is 43.8 Å². The number of ether oxygens (including phenoxy) is 1. The fourth-order valence-corrected chi connectivity index (χ4v) is 2.27. The van der Waals surface area contributed by atoms with Gasteiger partial charge in [-0.3, -0.25) is 0 Å². The van der Waals surface area contributed by atoms with Crippen molar-refractivity contribution in [3.63, 3.8) is 0 Å². The third-order valence-electron chi connectivity index (χ3n) is 3.51. The van der Waals surface area contributed by atoms with E-state index >= 15 is 0 Å². The number of rotatable bonds is 7. The largest absolute Gasteiger partial charge is 0.374 e. The van der Waals surface area contributed by atoms with E-state index in [-0.39, 0.29) is 18.2 Å². The number of aromatic nitrogens is 3. The van der Waals surface area contributed by atoms with E-state index in [9.17, 15) is 4.79 Å². The maximum absolute atomic E-state index is 12.0. The molecule has 0 spiro atoms. The normalized spacial score (nSPS) is 12.2. The lowest BCUT2D eigenvalue weighted by Crippen LogP contribution is -2.37. The van der Waals surface area contributed by atoms with Crippen LogP contribution >= 0.6 is 0 Å². The summed E-state index contributed by atoms with van der Waals surface area (Å²) < 4.78 is 7.38. The Morgan fingerprint density at radius 1 is 1.29 bits per heavy atom. The predicted molar refractivity (Wildman–Crippen MR) is 91.2 cm³/mol. The van der Waals surface area contributed by atoms with Gasteiger partial charge in [-0.05, 0) is 31.9 Å². The van der Waals surface area contributed by atoms with E-state index in [0.717, 1.165) is 11.1 Å². The molecule has 0 fully saturated rings. The highest BCUT2D eigenvalue weighted by Gasteiger charge is 2.13. The Hall–Kier alpha value is -2.41. The van der Waals surface area contributed by atoms with Crippen LogP contribution in [0.4, 0.5) is 4.79 Å². The molecule has 2 N–H and O–H groups in total. The van der Waals surface area contributed by atoms with Crippen molar-refractivity contribution in [1.82, 2.24) is 25.4 Å². The number of urea groups is 1. The zero-order chi connectivity index (χ0) is 17.5. The van der Waals surface area contributed by atoms with Crippen molar-refractivity contribution in [3.8, 4) is 0 Å². The molecule has 1 aromatic heterocycles. The predicted octanol–water partition coefficient (Wildman–Crippen LogP) is 2.30. The number of benzene rings is 1. The maximum Gasteiger partial charge on any atom is 0.315 e. The SMILES string of the molecule is CC(C)OCc1cccc(CNC(=O)NC(C)c2nncn2C)c1. The summed E-state index contributed by atoms with van der Waals surface area (Å²) in [4.78, 5) is 12.0. The second-order valence-electron chi connectivity index (χ2n) is 6.03. The molecule has 1 unspecified atom stereocenters. The van der Waals surface area contributed by atoms with Gasteiger partial charge in [-0.2, -0.15) is 0 Å². The summed E-state index contributed by atoms with van der Waals surface area (Å²) in [5.41, 5.74) is 2.12. The van der Waals surface area contributed by atoms with Crippen molar-refractivity contribution in [2.24, 2.45) is 7.05 Å². The molecule has 1 aromatic carbocycles. The first-order chi connectivity index (χ1) is 11.5. The second-order valence-corrected chi connectivity index (χ2v) is 6.03. The Labute approximate surface area is 142 Å². The van der Waals surface area contributed by atoms with Gasteiger partial charge in [0.25, 0.3) is 0 Å². The molecule has 2 amide bonds. The van der Waals surface area contributed by atoms with E-state index in [4.69, 9.17) is 4.74 Å². The summed E-state index contributed by atoms with van der Waals surface area (Å²) in [6, 6.07) is 7.54. The molecule has 7 heteroatoms. The third-order valence-corrected chi connectivity index (χ3v) is 3.51. The van der Waals surface area contributed by atoms with Crippen LogP contribution in [-0.4, -0.2) is 26.9 Å². The number of carbonyl (C=O) groups excluding carboxylic acids is 1. The smallest absolute Gasteiger partial charge is 0.315 e. The summed E-state index contributed by atoms with van der Waals surface area (Å²) >= 11 is 0. The topological polar surface area (TPSA) is 81.1 Å². The van der Waals surface area contributed by atoms with E-state index in [1.807, 2.05) is 52.1 Å². The van der Waals surface area contributed by atoms with Crippen molar-refractivity contribution in [2.75, 3.05) is 0 Å². The number of hydrogen-bond donors (Lipinski definition) is 2. The molecular weight excluding hydrogens is 306 g/mol. The molecule has 2 aromatic rings. The molecular formula is C17H25N5O2. The average molecular weight is 331 g/mol. The molecule has 1 heterocycles. The molecule has 1 atom stereocenters. The monoisotopic (exact) mass is 331 g/mol. The fourth-order valence-electron chi connectivity index (χ4n) is 2.27. The Balaban J connectivity index is 1.83. The van der Waals surface area contributed by atoms with Gasteiger partial charge in [0, 0.05) is 13.6 Å². The third kappa shape index (κ3) is 5.34. The van der Waals surface area contributed by atoms with E-state index in [1.165, 1.54) is 0 Å². The van der Waals surface area contributed by atoms with Gasteiger partial charge in [0.2, 0.25) is 0 Å². The highest BCUT2D eigenvalue weighted by atomic mass is 16.5. The molecule has 0 bridgehead atoms. The minimum atomic E-state index is -0.241. The number of carbonyl (C=O) groups is 1. The van der Waals surface area contributed by atoms with Gasteiger partial charge >= 0.3 is 6.03 Å². The first-order valence-corrected chi connectivity index (χ1v) is 8.03. The van der Waals surface area contributed by atoms with E-state index in [1.54, 1.807) is 10.9 Å². The summed E-state index contributed by atoms with van der Waals surface area (Å²) in [7, 11) is 1.84. The Kier molecular flexibility index (Phi) is 6.31. The number of hydrogen-bond acceptors (Lipinski definition) is 4. The highest BCUT2D eigenvalue weighted by Crippen LogP contribution is 2.09. The minimum Gasteiger partial charge on any atom is -0.374 e. The van der Waals surface area contributed by atoms with E-state index in [0.29, 0.717) is 19.0 Å². The molecule has 0 saturated carbocycles. The van der Waals surface area contributed by atoms with Crippen molar-refractivity contribution in [1.29, 1.82) is 0 Å². The van der Waals surface area contributed by atoms with Gasteiger partial charge in [0.15, 0.2) is 5.82 Å². The lowest BCUT2D eigenvalue weighted by atomic mass is 10.1. The standard InChI is InChI=1S/C17H25N5O2/c1-12(2)24-10-15-7-5-6-14(8-15)9-18-17(23)20-13(3)16-21-19-11-22(16)4/h5-8,11-13H,9-10H2,1-4H3,(H2,18,20,23). The summed E-state index contributed by atoms with van der Waals surface area (Å²) in [6.45, 7) is 6.91. The van der Waals surface area contributed by atoms with Gasteiger partial charge in [0.05, 0.1) is 18.8 Å². The van der Waals surface area contributed by atoms with Crippen LogP contribution in [0.15, 0.2) is 30.6 Å². The van der Waals surface area contributed by atoms with Crippen molar-refractivity contribution in [3.05, 3.63) is 47.5 Å². The van der Waals surface area contributed by atoms with Gasteiger partial charge in [-0.15, -0.1) is 10.2 Å². The number of aryl methyl sites for hydroxylation is 1. The lowest BCUT2D eigenvalue weighted by molar-refractivity contribution is 0.0657. The first kappa shape index (κ1) is 17.9. The molecule has 0 radical (unpaired) electrons. The quantitative estimate of drug-likeness (QED) is 0.816. The van der Waals surface area contributed by atoms with Crippen LogP contribution in [0.5, 0.6) is 0 Å². The van der Waals surface area contributed by atoms with Crippen LogP contribution in [0.3, 0.4) is 0 Å². The lowest BCUT2D eigenvalue weighted by Gasteiger charge is -2.14. The molecule has 0 aliphatic rings. The fraction of sp³-hybridized carbons (Fsp3) is 0.471. The Bertz CT molecular complexity index is 669. The summed E-state index contributed by atoms with van der Waals surface area (Å²) in [5, 5.41) is 13.5. The van der Waals surface area contributed by atoms with Gasteiger partial charge in [-0.1, -0.05) is 24.3 Å². The van der Waals surface area contributed by atoms with Crippen LogP contribution < -0.4 is 10.6 Å². The molecule has 7 nitrogen and oxygen atoms in total. The molecule has 130 valence electrons. The zero-order valence-electron chi connectivity index (χ0n) is 14.6. The van der Waals surface area contributed by atoms with Crippen LogP contribution in [0.2, 0.25) is 0 Å². The number of nitrogens with one attached hydrogen (secondary N) is 2. The molecule has 0 saturated heterocycles. The first-order valence-electron chi connectivity index (χ1n) is 8.03.